The third kappa shape index (κ3) is 4.55. The molecule has 3 aromatic rings. The van der Waals surface area contributed by atoms with Crippen molar-refractivity contribution < 1.29 is 28.4 Å². The molecule has 0 fully saturated rings. The van der Waals surface area contributed by atoms with Gasteiger partial charge >= 0.3 is 5.97 Å². The number of aromatic nitrogens is 1. The number of carbonyl (C=O) groups is 4. The molecule has 1 aromatic heterocycles. The molecule has 0 bridgehead atoms. The molecule has 0 saturated carbocycles. The first-order valence-electron chi connectivity index (χ1n) is 10.6. The molecule has 9 nitrogen and oxygen atoms in total. The monoisotopic (exact) mass is 481 g/mol. The number of hydrogen-bond donors (Lipinski definition) is 1. The summed E-state index contributed by atoms with van der Waals surface area (Å²) in [6.07, 6.45) is 0.205. The molecule has 0 aliphatic carbocycles. The second-order valence-corrected chi connectivity index (χ2v) is 7.86. The number of halogens is 1. The minimum absolute atomic E-state index is 0.0159. The van der Waals surface area contributed by atoms with Gasteiger partial charge in [0.05, 0.1) is 17.7 Å². The molecule has 10 heteroatoms. The van der Waals surface area contributed by atoms with Crippen LogP contribution in [-0.4, -0.2) is 46.9 Å². The first-order chi connectivity index (χ1) is 16.4. The summed E-state index contributed by atoms with van der Waals surface area (Å²) in [5.41, 5.74) is 1.46. The SMILES string of the molecule is CCOC(=O)c1c(-c2ccc(Cl)cc2)noc1NC(=O)CCCN1C(=O)c2ccccc2C1=O. The second kappa shape index (κ2) is 9.88. The van der Waals surface area contributed by atoms with Gasteiger partial charge < -0.3 is 9.26 Å². The van der Waals surface area contributed by atoms with Crippen LogP contribution in [0.15, 0.2) is 53.1 Å². The third-order valence-corrected chi connectivity index (χ3v) is 5.46. The molecule has 174 valence electrons. The standard InChI is InChI=1S/C24H20ClN3O6/c1-2-33-24(32)19-20(14-9-11-15(25)12-10-14)27-34-21(19)26-18(29)8-5-13-28-22(30)16-6-3-4-7-17(16)23(28)31/h3-4,6-7,9-12H,2,5,8,13H2,1H3,(H,26,29). The van der Waals surface area contributed by atoms with Gasteiger partial charge in [0.15, 0.2) is 5.56 Å². The van der Waals surface area contributed by atoms with E-state index in [-0.39, 0.29) is 54.9 Å². The summed E-state index contributed by atoms with van der Waals surface area (Å²) in [5.74, 6) is -2.08. The minimum atomic E-state index is -0.699. The Morgan fingerprint density at radius 3 is 2.32 bits per heavy atom. The Labute approximate surface area is 199 Å². The van der Waals surface area contributed by atoms with Gasteiger partial charge in [-0.2, -0.15) is 0 Å². The van der Waals surface area contributed by atoms with Gasteiger partial charge in [-0.25, -0.2) is 4.79 Å². The zero-order chi connectivity index (χ0) is 24.2. The molecule has 0 unspecified atom stereocenters. The summed E-state index contributed by atoms with van der Waals surface area (Å²) < 4.78 is 10.3. The highest BCUT2D eigenvalue weighted by Crippen LogP contribution is 2.31. The average molecular weight is 482 g/mol. The summed E-state index contributed by atoms with van der Waals surface area (Å²) in [7, 11) is 0. The van der Waals surface area contributed by atoms with Gasteiger partial charge in [-0.05, 0) is 37.6 Å². The summed E-state index contributed by atoms with van der Waals surface area (Å²) in [6, 6.07) is 13.2. The van der Waals surface area contributed by atoms with Gasteiger partial charge in [-0.15, -0.1) is 0 Å². The van der Waals surface area contributed by atoms with Gasteiger partial charge in [0, 0.05) is 23.6 Å². The summed E-state index contributed by atoms with van der Waals surface area (Å²) >= 11 is 5.93. The number of fused-ring (bicyclic) bond motifs is 1. The zero-order valence-corrected chi connectivity index (χ0v) is 18.9. The Bertz CT molecular complexity index is 1230. The summed E-state index contributed by atoms with van der Waals surface area (Å²) in [5, 5.41) is 6.97. The zero-order valence-electron chi connectivity index (χ0n) is 18.2. The van der Waals surface area contributed by atoms with Crippen molar-refractivity contribution in [1.29, 1.82) is 0 Å². The van der Waals surface area contributed by atoms with Gasteiger partial charge in [0.1, 0.15) is 5.69 Å². The minimum Gasteiger partial charge on any atom is -0.462 e. The number of rotatable bonds is 8. The lowest BCUT2D eigenvalue weighted by Crippen LogP contribution is -2.31. The molecule has 1 aliphatic heterocycles. The Balaban J connectivity index is 1.43. The molecule has 34 heavy (non-hydrogen) atoms. The Morgan fingerprint density at radius 2 is 1.71 bits per heavy atom. The number of imide groups is 1. The quantitative estimate of drug-likeness (QED) is 0.378. The first kappa shape index (κ1) is 23.2. The highest BCUT2D eigenvalue weighted by Gasteiger charge is 2.34. The lowest BCUT2D eigenvalue weighted by Gasteiger charge is -2.13. The number of esters is 1. The van der Waals surface area contributed by atoms with Crippen molar-refractivity contribution in [2.24, 2.45) is 0 Å². The molecular weight excluding hydrogens is 462 g/mol. The highest BCUT2D eigenvalue weighted by molar-refractivity contribution is 6.30. The van der Waals surface area contributed by atoms with E-state index >= 15 is 0 Å². The summed E-state index contributed by atoms with van der Waals surface area (Å²) in [4.78, 5) is 51.1. The van der Waals surface area contributed by atoms with E-state index in [0.717, 1.165) is 4.90 Å². The number of hydrogen-bond acceptors (Lipinski definition) is 7. The number of ether oxygens (including phenoxy) is 1. The van der Waals surface area contributed by atoms with E-state index < -0.39 is 11.9 Å². The number of benzene rings is 2. The fraction of sp³-hybridized carbons (Fsp3) is 0.208. The molecule has 2 heterocycles. The van der Waals surface area contributed by atoms with Crippen molar-refractivity contribution in [2.75, 3.05) is 18.5 Å². The van der Waals surface area contributed by atoms with Crippen LogP contribution >= 0.6 is 11.6 Å². The third-order valence-electron chi connectivity index (χ3n) is 5.21. The van der Waals surface area contributed by atoms with Crippen molar-refractivity contribution in [1.82, 2.24) is 10.1 Å². The maximum Gasteiger partial charge on any atom is 0.346 e. The van der Waals surface area contributed by atoms with E-state index in [1.807, 2.05) is 0 Å². The smallest absolute Gasteiger partial charge is 0.346 e. The van der Waals surface area contributed by atoms with Crippen LogP contribution in [0.5, 0.6) is 0 Å². The Kier molecular flexibility index (Phi) is 6.74. The van der Waals surface area contributed by atoms with Crippen LogP contribution in [0.3, 0.4) is 0 Å². The van der Waals surface area contributed by atoms with Gasteiger partial charge in [0.25, 0.3) is 11.8 Å². The average Bonchev–Trinajstić information content (AvgIpc) is 3.34. The predicted octanol–water partition coefficient (Wildman–Crippen LogP) is 4.19. The number of anilines is 1. The molecule has 4 rings (SSSR count). The van der Waals surface area contributed by atoms with Crippen LogP contribution < -0.4 is 5.32 Å². The number of carbonyl (C=O) groups excluding carboxylic acids is 4. The first-order valence-corrected chi connectivity index (χ1v) is 11.0. The fourth-order valence-corrected chi connectivity index (χ4v) is 3.73. The largest absolute Gasteiger partial charge is 0.462 e. The van der Waals surface area contributed by atoms with Gasteiger partial charge in [-0.3, -0.25) is 24.6 Å². The van der Waals surface area contributed by atoms with E-state index in [2.05, 4.69) is 10.5 Å². The summed E-state index contributed by atoms with van der Waals surface area (Å²) in [6.45, 7) is 1.86. The van der Waals surface area contributed by atoms with E-state index in [4.69, 9.17) is 20.9 Å². The number of nitrogens with zero attached hydrogens (tertiary/aromatic N) is 2. The topological polar surface area (TPSA) is 119 Å². The van der Waals surface area contributed by atoms with Gasteiger partial charge in [0.2, 0.25) is 11.8 Å². The molecule has 0 radical (unpaired) electrons. The fourth-order valence-electron chi connectivity index (χ4n) is 3.60. The van der Waals surface area contributed by atoms with Crippen molar-refractivity contribution in [3.63, 3.8) is 0 Å². The molecule has 0 atom stereocenters. The maximum absolute atomic E-state index is 12.6. The Morgan fingerprint density at radius 1 is 1.06 bits per heavy atom. The molecule has 2 aromatic carbocycles. The molecule has 3 amide bonds. The van der Waals surface area contributed by atoms with E-state index in [1.165, 1.54) is 0 Å². The molecule has 1 aliphatic rings. The molecule has 0 saturated heterocycles. The van der Waals surface area contributed by atoms with Crippen LogP contribution in [0.1, 0.15) is 50.8 Å². The lowest BCUT2D eigenvalue weighted by atomic mass is 10.1. The number of amides is 3. The molecule has 0 spiro atoms. The molecule has 1 N–H and O–H groups in total. The number of nitrogens with one attached hydrogen (secondary N) is 1. The second-order valence-electron chi connectivity index (χ2n) is 7.42. The lowest BCUT2D eigenvalue weighted by molar-refractivity contribution is -0.116. The Hall–Kier alpha value is -3.98. The van der Waals surface area contributed by atoms with Crippen LogP contribution in [0.4, 0.5) is 5.88 Å². The van der Waals surface area contributed by atoms with Gasteiger partial charge in [-0.1, -0.05) is 41.0 Å². The van der Waals surface area contributed by atoms with Crippen LogP contribution in [-0.2, 0) is 9.53 Å². The van der Waals surface area contributed by atoms with Crippen molar-refractivity contribution in [3.8, 4) is 11.3 Å². The van der Waals surface area contributed by atoms with Crippen molar-refractivity contribution in [3.05, 3.63) is 70.2 Å². The van der Waals surface area contributed by atoms with Crippen LogP contribution in [0.25, 0.3) is 11.3 Å². The molecular formula is C24H20ClN3O6. The van der Waals surface area contributed by atoms with E-state index in [1.54, 1.807) is 55.5 Å². The van der Waals surface area contributed by atoms with Crippen molar-refractivity contribution >= 4 is 41.2 Å². The maximum atomic E-state index is 12.6. The highest BCUT2D eigenvalue weighted by atomic mass is 35.5. The van der Waals surface area contributed by atoms with Crippen LogP contribution in [0, 0.1) is 0 Å². The van der Waals surface area contributed by atoms with E-state index in [0.29, 0.717) is 21.7 Å². The van der Waals surface area contributed by atoms with Crippen molar-refractivity contribution in [2.45, 2.75) is 19.8 Å². The normalized spacial score (nSPS) is 12.6. The predicted molar refractivity (Wildman–Crippen MR) is 123 cm³/mol. The van der Waals surface area contributed by atoms with E-state index in [9.17, 15) is 19.2 Å². The van der Waals surface area contributed by atoms with Crippen LogP contribution in [0.2, 0.25) is 5.02 Å².